The highest BCUT2D eigenvalue weighted by atomic mass is 35.5. The van der Waals surface area contributed by atoms with Crippen molar-refractivity contribution in [3.63, 3.8) is 0 Å². The normalized spacial score (nSPS) is 10.7. The number of anilines is 1. The third-order valence-corrected chi connectivity index (χ3v) is 4.67. The summed E-state index contributed by atoms with van der Waals surface area (Å²) in [5, 5.41) is 0. The van der Waals surface area contributed by atoms with Gasteiger partial charge in [0.2, 0.25) is 6.33 Å². The van der Waals surface area contributed by atoms with E-state index < -0.39 is 0 Å². The summed E-state index contributed by atoms with van der Waals surface area (Å²) in [5.41, 5.74) is 6.38. The van der Waals surface area contributed by atoms with Gasteiger partial charge in [0.1, 0.15) is 0 Å². The first-order chi connectivity index (χ1) is 13.6. The molecule has 4 rings (SSSR count). The molecule has 0 saturated carbocycles. The van der Waals surface area contributed by atoms with Crippen LogP contribution in [0.5, 0.6) is 0 Å². The molecule has 0 aliphatic rings. The molecule has 2 heterocycles. The van der Waals surface area contributed by atoms with Crippen molar-refractivity contribution in [3.05, 3.63) is 88.6 Å². The molecule has 0 amide bonds. The number of benzene rings is 2. The fourth-order valence-corrected chi connectivity index (χ4v) is 3.29. The van der Waals surface area contributed by atoms with Crippen LogP contribution < -0.4 is 28.1 Å². The molecule has 0 fully saturated rings. The van der Waals surface area contributed by atoms with E-state index in [1.165, 1.54) is 0 Å². The number of hydrogen-bond acceptors (Lipinski definition) is 4. The van der Waals surface area contributed by atoms with Crippen molar-refractivity contribution in [2.45, 2.75) is 13.2 Å². The lowest BCUT2D eigenvalue weighted by molar-refractivity contribution is -0.650. The molecule has 8 heteroatoms. The molecule has 0 spiro atoms. The molecule has 29 heavy (non-hydrogen) atoms. The monoisotopic (exact) mass is 411 g/mol. The van der Waals surface area contributed by atoms with Crippen LogP contribution >= 0.6 is 0 Å². The number of fused-ring (bicyclic) bond motifs is 1. The minimum Gasteiger partial charge on any atom is -1.00 e. The molecular formula is C21H22ClN5O2. The van der Waals surface area contributed by atoms with E-state index in [0.29, 0.717) is 24.5 Å². The minimum atomic E-state index is -0.103. The Morgan fingerprint density at radius 1 is 1.03 bits per heavy atom. The Kier molecular flexibility index (Phi) is 6.31. The van der Waals surface area contributed by atoms with E-state index >= 15 is 0 Å². The molecule has 150 valence electrons. The fraction of sp³-hybridized carbons (Fsp3) is 0.190. The van der Waals surface area contributed by atoms with Crippen molar-refractivity contribution in [2.24, 2.45) is 14.1 Å². The van der Waals surface area contributed by atoms with Crippen LogP contribution in [0.15, 0.2) is 71.8 Å². The highest BCUT2D eigenvalue weighted by Gasteiger charge is 2.24. The zero-order valence-corrected chi connectivity index (χ0v) is 17.0. The molecule has 0 atom stereocenters. The minimum absolute atomic E-state index is 0. The van der Waals surface area contributed by atoms with Gasteiger partial charge in [-0.25, -0.2) is 19.4 Å². The Morgan fingerprint density at radius 3 is 2.31 bits per heavy atom. The quantitative estimate of drug-likeness (QED) is 0.332. The predicted molar refractivity (Wildman–Crippen MR) is 107 cm³/mol. The Labute approximate surface area is 174 Å². The summed E-state index contributed by atoms with van der Waals surface area (Å²) < 4.78 is 5.18. The summed E-state index contributed by atoms with van der Waals surface area (Å²) in [6.07, 6.45) is 1.67. The topological polar surface area (TPSA) is 65.0 Å². The molecule has 2 aromatic heterocycles. The van der Waals surface area contributed by atoms with Crippen LogP contribution in [0, 0.1) is 0 Å². The van der Waals surface area contributed by atoms with Crippen molar-refractivity contribution in [1.29, 1.82) is 0 Å². The molecule has 0 bridgehead atoms. The van der Waals surface area contributed by atoms with Gasteiger partial charge < -0.3 is 12.4 Å². The van der Waals surface area contributed by atoms with Gasteiger partial charge in [0.25, 0.3) is 11.5 Å². The average Bonchev–Trinajstić information content (AvgIpc) is 2.97. The Morgan fingerprint density at radius 2 is 1.66 bits per heavy atom. The summed E-state index contributed by atoms with van der Waals surface area (Å²) >= 11 is 0. The standard InChI is InChI=1S/C21H21N5O2.ClH/c1-24-15-22-19(23-28-14-17-11-7-4-8-12-17)18-20(24)25(2)21(27)26(18)13-16-9-5-3-6-10-16;/h3-12,15H,13-14H2,1-2H3;1H. The number of nitrogens with zero attached hydrogens (tertiary/aromatic N) is 4. The maximum absolute atomic E-state index is 12.9. The second-order valence-corrected chi connectivity index (χ2v) is 6.67. The second-order valence-electron chi connectivity index (χ2n) is 6.67. The van der Waals surface area contributed by atoms with E-state index in [9.17, 15) is 4.79 Å². The zero-order chi connectivity index (χ0) is 19.5. The van der Waals surface area contributed by atoms with E-state index in [1.807, 2.05) is 72.3 Å². The fourth-order valence-electron chi connectivity index (χ4n) is 3.29. The molecule has 0 aliphatic carbocycles. The van der Waals surface area contributed by atoms with Crippen LogP contribution in [0.3, 0.4) is 0 Å². The van der Waals surface area contributed by atoms with Gasteiger partial charge in [-0.2, -0.15) is 0 Å². The molecule has 2 aromatic carbocycles. The molecule has 0 aliphatic heterocycles. The van der Waals surface area contributed by atoms with Crippen LogP contribution in [0.2, 0.25) is 0 Å². The molecule has 0 saturated heterocycles. The highest BCUT2D eigenvalue weighted by Crippen LogP contribution is 2.18. The number of aryl methyl sites for hydroxylation is 2. The van der Waals surface area contributed by atoms with Gasteiger partial charge >= 0.3 is 5.69 Å². The number of nitrogens with one attached hydrogen (secondary N) is 1. The number of halogens is 1. The van der Waals surface area contributed by atoms with E-state index in [2.05, 4.69) is 10.5 Å². The van der Waals surface area contributed by atoms with Crippen molar-refractivity contribution in [1.82, 2.24) is 14.1 Å². The summed E-state index contributed by atoms with van der Waals surface area (Å²) in [4.78, 5) is 23.0. The SMILES string of the molecule is Cn1c(=O)n(Cc2ccccc2)c2c(NOCc3ccccc3)nc[n+](C)c21.[Cl-]. The zero-order valence-electron chi connectivity index (χ0n) is 16.2. The summed E-state index contributed by atoms with van der Waals surface area (Å²) in [6, 6.07) is 19.8. The van der Waals surface area contributed by atoms with Crippen LogP contribution in [-0.4, -0.2) is 14.1 Å². The van der Waals surface area contributed by atoms with Gasteiger partial charge in [-0.3, -0.25) is 9.40 Å². The van der Waals surface area contributed by atoms with Crippen LogP contribution in [0.25, 0.3) is 11.2 Å². The van der Waals surface area contributed by atoms with Crippen LogP contribution in [0.1, 0.15) is 11.1 Å². The number of hydrogen-bond donors (Lipinski definition) is 1. The Hall–Kier alpha value is -3.16. The molecule has 1 N–H and O–H groups in total. The highest BCUT2D eigenvalue weighted by molar-refractivity contribution is 5.81. The maximum Gasteiger partial charge on any atom is 0.387 e. The molecular weight excluding hydrogens is 390 g/mol. The van der Waals surface area contributed by atoms with E-state index in [0.717, 1.165) is 16.8 Å². The number of imidazole rings is 1. The van der Waals surface area contributed by atoms with E-state index in [1.54, 1.807) is 22.5 Å². The lowest BCUT2D eigenvalue weighted by Crippen LogP contribution is -3.00. The summed E-state index contributed by atoms with van der Waals surface area (Å²) in [5.74, 6) is 0.512. The first-order valence-electron chi connectivity index (χ1n) is 9.04. The van der Waals surface area contributed by atoms with Crippen molar-refractivity contribution < 1.29 is 21.8 Å². The largest absolute Gasteiger partial charge is 1.00 e. The van der Waals surface area contributed by atoms with Crippen molar-refractivity contribution in [3.8, 4) is 0 Å². The lowest BCUT2D eigenvalue weighted by atomic mass is 10.2. The third kappa shape index (κ3) is 4.16. The predicted octanol–water partition coefficient (Wildman–Crippen LogP) is -0.844. The second kappa shape index (κ2) is 8.89. The summed E-state index contributed by atoms with van der Waals surface area (Å²) in [7, 11) is 3.64. The third-order valence-electron chi connectivity index (χ3n) is 4.67. The Bertz CT molecular complexity index is 1160. The van der Waals surface area contributed by atoms with Gasteiger partial charge in [0, 0.05) is 0 Å². The molecule has 4 aromatic rings. The Balaban J connectivity index is 0.00000240. The van der Waals surface area contributed by atoms with E-state index in [-0.39, 0.29) is 18.1 Å². The van der Waals surface area contributed by atoms with Crippen LogP contribution in [0.4, 0.5) is 5.82 Å². The van der Waals surface area contributed by atoms with Crippen molar-refractivity contribution >= 4 is 17.0 Å². The van der Waals surface area contributed by atoms with Gasteiger partial charge in [-0.05, 0) is 11.1 Å². The number of rotatable bonds is 6. The summed E-state index contributed by atoms with van der Waals surface area (Å²) in [6.45, 7) is 0.844. The smallest absolute Gasteiger partial charge is 0.387 e. The average molecular weight is 412 g/mol. The molecule has 0 radical (unpaired) electrons. The van der Waals surface area contributed by atoms with Gasteiger partial charge in [-0.15, -0.1) is 0 Å². The van der Waals surface area contributed by atoms with Gasteiger partial charge in [0.05, 0.1) is 27.2 Å². The maximum atomic E-state index is 12.9. The first kappa shape index (κ1) is 20.6. The molecule has 7 nitrogen and oxygen atoms in total. The van der Waals surface area contributed by atoms with Gasteiger partial charge in [0.15, 0.2) is 5.52 Å². The first-order valence-corrected chi connectivity index (χ1v) is 9.04. The molecule has 0 unspecified atom stereocenters. The van der Waals surface area contributed by atoms with Crippen LogP contribution in [-0.2, 0) is 32.1 Å². The van der Waals surface area contributed by atoms with Gasteiger partial charge in [-0.1, -0.05) is 65.6 Å². The van der Waals surface area contributed by atoms with Crippen molar-refractivity contribution in [2.75, 3.05) is 5.48 Å². The number of aromatic nitrogens is 4. The van der Waals surface area contributed by atoms with E-state index in [4.69, 9.17) is 4.84 Å². The lowest BCUT2D eigenvalue weighted by Gasteiger charge is -2.08.